The topological polar surface area (TPSA) is 125 Å². The van der Waals surface area contributed by atoms with E-state index in [1.54, 1.807) is 32.0 Å². The summed E-state index contributed by atoms with van der Waals surface area (Å²) in [6.07, 6.45) is -5.31. The molecule has 0 saturated carbocycles. The summed E-state index contributed by atoms with van der Waals surface area (Å²) in [6, 6.07) is 10.1. The van der Waals surface area contributed by atoms with E-state index in [1.165, 1.54) is 41.1 Å². The molecular weight excluding hydrogens is 639 g/mol. The number of hydrogen-bond acceptors (Lipinski definition) is 7. The van der Waals surface area contributed by atoms with E-state index in [0.717, 1.165) is 5.56 Å². The molecule has 2 aromatic rings. The number of aryl methyl sites for hydroxylation is 1. The van der Waals surface area contributed by atoms with E-state index in [9.17, 15) is 36.3 Å². The number of nitrogens with one attached hydrogen (secondary N) is 1. The minimum atomic E-state index is -4.46. The Morgan fingerprint density at radius 3 is 2.47 bits per heavy atom. The summed E-state index contributed by atoms with van der Waals surface area (Å²) in [5.41, 5.74) is 1.12. The van der Waals surface area contributed by atoms with E-state index < -0.39 is 58.9 Å². The standard InChI is InChI=1S/C33H46F3N3O7S/c1-22-9-12-27(13-10-22)47(43,44)37-26-11-14-29-28(18-26)32(42)39(24(3)21-40)19-23(2)30(45-17-7-6-8-25(4)46-29)20-38(5)31(41)15-16-33(34,35)36/h9-14,18,23-25,30,37,40H,6-8,15-17,19-21H2,1-5H3/t23-,24-,25+,30+/m0/s1. The number of amides is 2. The second kappa shape index (κ2) is 16.6. The van der Waals surface area contributed by atoms with Crippen LogP contribution in [0.15, 0.2) is 47.4 Å². The highest BCUT2D eigenvalue weighted by Gasteiger charge is 2.32. The van der Waals surface area contributed by atoms with Crippen molar-refractivity contribution in [1.29, 1.82) is 0 Å². The highest BCUT2D eigenvalue weighted by Crippen LogP contribution is 2.30. The summed E-state index contributed by atoms with van der Waals surface area (Å²) in [6.45, 7) is 7.18. The lowest BCUT2D eigenvalue weighted by Crippen LogP contribution is -2.48. The maximum Gasteiger partial charge on any atom is 0.389 e. The number of halogens is 3. The van der Waals surface area contributed by atoms with Gasteiger partial charge in [0.2, 0.25) is 5.91 Å². The molecule has 0 radical (unpaired) electrons. The zero-order valence-electron chi connectivity index (χ0n) is 27.5. The Hall–Kier alpha value is -3.36. The molecule has 0 saturated heterocycles. The Morgan fingerprint density at radius 1 is 1.15 bits per heavy atom. The van der Waals surface area contributed by atoms with E-state index in [1.807, 2.05) is 13.8 Å². The molecule has 2 amide bonds. The van der Waals surface area contributed by atoms with Crippen molar-refractivity contribution in [2.24, 2.45) is 5.92 Å². The van der Waals surface area contributed by atoms with Gasteiger partial charge in [0.25, 0.3) is 15.9 Å². The molecule has 10 nitrogen and oxygen atoms in total. The third kappa shape index (κ3) is 11.4. The predicted octanol–water partition coefficient (Wildman–Crippen LogP) is 5.39. The largest absolute Gasteiger partial charge is 0.490 e. The number of alkyl halides is 3. The normalized spacial score (nSPS) is 20.8. The number of ether oxygens (including phenoxy) is 2. The van der Waals surface area contributed by atoms with Crippen LogP contribution in [-0.4, -0.2) is 92.9 Å². The zero-order chi connectivity index (χ0) is 34.9. The fourth-order valence-corrected chi connectivity index (χ4v) is 6.24. The Bertz CT molecular complexity index is 1450. The van der Waals surface area contributed by atoms with Gasteiger partial charge in [0.1, 0.15) is 5.75 Å². The fraction of sp³-hybridized carbons (Fsp3) is 0.576. The summed E-state index contributed by atoms with van der Waals surface area (Å²) in [7, 11) is -2.56. The number of aliphatic hydroxyl groups is 1. The van der Waals surface area contributed by atoms with Crippen LogP contribution in [0.5, 0.6) is 5.75 Å². The highest BCUT2D eigenvalue weighted by molar-refractivity contribution is 7.92. The molecule has 4 atom stereocenters. The van der Waals surface area contributed by atoms with Crippen LogP contribution in [0.25, 0.3) is 0 Å². The van der Waals surface area contributed by atoms with Gasteiger partial charge in [-0.25, -0.2) is 8.42 Å². The zero-order valence-corrected chi connectivity index (χ0v) is 28.4. The van der Waals surface area contributed by atoms with Crippen molar-refractivity contribution in [2.75, 3.05) is 38.1 Å². The van der Waals surface area contributed by atoms with E-state index in [0.29, 0.717) is 25.9 Å². The molecule has 262 valence electrons. The molecule has 2 aromatic carbocycles. The summed E-state index contributed by atoms with van der Waals surface area (Å²) < 4.78 is 79.4. The maximum atomic E-state index is 14.2. The summed E-state index contributed by atoms with van der Waals surface area (Å²) in [5, 5.41) is 10.1. The third-order valence-corrected chi connectivity index (χ3v) is 9.53. The molecule has 47 heavy (non-hydrogen) atoms. The van der Waals surface area contributed by atoms with Crippen LogP contribution in [0.4, 0.5) is 18.9 Å². The Labute approximate surface area is 275 Å². The summed E-state index contributed by atoms with van der Waals surface area (Å²) in [5.74, 6) is -1.36. The van der Waals surface area contributed by atoms with Crippen molar-refractivity contribution in [2.45, 2.75) is 89.1 Å². The number of rotatable bonds is 9. The minimum Gasteiger partial charge on any atom is -0.490 e. The number of nitrogens with zero attached hydrogens (tertiary/aromatic N) is 2. The van der Waals surface area contributed by atoms with Gasteiger partial charge in [-0.2, -0.15) is 13.2 Å². The van der Waals surface area contributed by atoms with Crippen molar-refractivity contribution in [3.05, 3.63) is 53.6 Å². The van der Waals surface area contributed by atoms with Crippen LogP contribution in [0.3, 0.4) is 0 Å². The van der Waals surface area contributed by atoms with E-state index in [4.69, 9.17) is 9.47 Å². The van der Waals surface area contributed by atoms with Gasteiger partial charge in [0.05, 0.1) is 41.7 Å². The lowest BCUT2D eigenvalue weighted by atomic mass is 10.0. The van der Waals surface area contributed by atoms with Gasteiger partial charge in [0, 0.05) is 44.8 Å². The second-order valence-electron chi connectivity index (χ2n) is 12.3. The average Bonchev–Trinajstić information content (AvgIpc) is 3.00. The molecule has 0 aliphatic carbocycles. The molecule has 0 aromatic heterocycles. The number of likely N-dealkylation sites (N-methyl/N-ethyl adjacent to an activating group) is 1. The molecule has 3 rings (SSSR count). The second-order valence-corrected chi connectivity index (χ2v) is 14.0. The van der Waals surface area contributed by atoms with Gasteiger partial charge in [-0.15, -0.1) is 0 Å². The first kappa shape index (κ1) is 38.1. The van der Waals surface area contributed by atoms with Gasteiger partial charge in [0.15, 0.2) is 0 Å². The van der Waals surface area contributed by atoms with Gasteiger partial charge >= 0.3 is 6.18 Å². The fourth-order valence-electron chi connectivity index (χ4n) is 5.19. The first-order valence-electron chi connectivity index (χ1n) is 15.7. The van der Waals surface area contributed by atoms with Crippen LogP contribution in [-0.2, 0) is 19.6 Å². The molecule has 1 heterocycles. The number of anilines is 1. The van der Waals surface area contributed by atoms with Crippen molar-refractivity contribution in [3.8, 4) is 5.75 Å². The number of carbonyl (C=O) groups is 2. The van der Waals surface area contributed by atoms with E-state index in [-0.39, 0.29) is 47.7 Å². The minimum absolute atomic E-state index is 0.00837. The van der Waals surface area contributed by atoms with E-state index in [2.05, 4.69) is 4.72 Å². The van der Waals surface area contributed by atoms with Crippen molar-refractivity contribution < 1.29 is 45.8 Å². The molecule has 0 unspecified atom stereocenters. The molecule has 1 aliphatic rings. The van der Waals surface area contributed by atoms with Crippen LogP contribution >= 0.6 is 0 Å². The lowest BCUT2D eigenvalue weighted by Gasteiger charge is -2.36. The first-order chi connectivity index (χ1) is 22.0. The summed E-state index contributed by atoms with van der Waals surface area (Å²) >= 11 is 0. The molecule has 0 bridgehead atoms. The molecule has 14 heteroatoms. The number of hydrogen-bond donors (Lipinski definition) is 2. The van der Waals surface area contributed by atoms with Gasteiger partial charge in [-0.05, 0) is 70.4 Å². The Morgan fingerprint density at radius 2 is 1.83 bits per heavy atom. The van der Waals surface area contributed by atoms with Crippen LogP contribution in [0, 0.1) is 12.8 Å². The van der Waals surface area contributed by atoms with Crippen molar-refractivity contribution >= 4 is 27.5 Å². The van der Waals surface area contributed by atoms with Gasteiger partial charge in [-0.1, -0.05) is 24.6 Å². The number of carbonyl (C=O) groups excluding carboxylic acids is 2. The summed E-state index contributed by atoms with van der Waals surface area (Å²) in [4.78, 5) is 29.5. The van der Waals surface area contributed by atoms with E-state index >= 15 is 0 Å². The van der Waals surface area contributed by atoms with Crippen molar-refractivity contribution in [1.82, 2.24) is 9.80 Å². The number of sulfonamides is 1. The van der Waals surface area contributed by atoms with Gasteiger partial charge < -0.3 is 24.4 Å². The maximum absolute atomic E-state index is 14.2. The quantitative estimate of drug-likeness (QED) is 0.363. The van der Waals surface area contributed by atoms with Crippen molar-refractivity contribution in [3.63, 3.8) is 0 Å². The average molecular weight is 686 g/mol. The first-order valence-corrected chi connectivity index (χ1v) is 17.2. The molecule has 2 N–H and O–H groups in total. The highest BCUT2D eigenvalue weighted by atomic mass is 32.2. The number of aliphatic hydroxyl groups excluding tert-OH is 1. The molecule has 1 aliphatic heterocycles. The van der Waals surface area contributed by atoms with Gasteiger partial charge in [-0.3, -0.25) is 14.3 Å². The Balaban J connectivity index is 1.95. The predicted molar refractivity (Wildman–Crippen MR) is 172 cm³/mol. The molecule has 0 spiro atoms. The molecule has 0 fully saturated rings. The smallest absolute Gasteiger partial charge is 0.389 e. The Kier molecular flexibility index (Phi) is 13.5. The lowest BCUT2D eigenvalue weighted by molar-refractivity contribution is -0.149. The number of benzene rings is 2. The number of fused-ring (bicyclic) bond motifs is 1. The SMILES string of the molecule is Cc1ccc(S(=O)(=O)Nc2ccc3c(c2)C(=O)N([C@@H](C)CO)C[C@H](C)[C@@H](CN(C)C(=O)CCC(F)(F)F)OCCCC[C@@H](C)O3)cc1. The third-order valence-electron chi connectivity index (χ3n) is 8.14. The molecular formula is C33H46F3N3O7S. The monoisotopic (exact) mass is 685 g/mol. The van der Waals surface area contributed by atoms with Crippen LogP contribution in [0.2, 0.25) is 0 Å². The van der Waals surface area contributed by atoms with Crippen LogP contribution in [0.1, 0.15) is 68.8 Å². The van der Waals surface area contributed by atoms with Crippen LogP contribution < -0.4 is 9.46 Å².